The molecule has 1 aliphatic carbocycles. The van der Waals surface area contributed by atoms with Crippen molar-refractivity contribution in [3.63, 3.8) is 0 Å². The molecule has 30 heavy (non-hydrogen) atoms. The van der Waals surface area contributed by atoms with E-state index in [0.29, 0.717) is 18.7 Å². The normalized spacial score (nSPS) is 21.9. The Kier molecular flexibility index (Phi) is 5.67. The van der Waals surface area contributed by atoms with Gasteiger partial charge >= 0.3 is 0 Å². The fourth-order valence-corrected chi connectivity index (χ4v) is 4.69. The Bertz CT molecular complexity index is 914. The summed E-state index contributed by atoms with van der Waals surface area (Å²) in [7, 11) is 3.57. The number of benzene rings is 1. The highest BCUT2D eigenvalue weighted by molar-refractivity contribution is 5.85. The van der Waals surface area contributed by atoms with Crippen molar-refractivity contribution in [2.75, 3.05) is 27.2 Å². The summed E-state index contributed by atoms with van der Waals surface area (Å²) < 4.78 is 5.66. The van der Waals surface area contributed by atoms with Crippen LogP contribution in [-0.4, -0.2) is 54.0 Å². The number of nitrogens with zero attached hydrogens (tertiary/aromatic N) is 3. The van der Waals surface area contributed by atoms with Gasteiger partial charge in [-0.05, 0) is 32.6 Å². The minimum atomic E-state index is -0.661. The molecular formula is C24H31N3O3. The number of likely N-dealkylation sites (tertiary alicyclic amines) is 1. The van der Waals surface area contributed by atoms with Crippen molar-refractivity contribution in [3.8, 4) is 11.3 Å². The average Bonchev–Trinajstić information content (AvgIpc) is 3.14. The molecule has 1 aliphatic heterocycles. The van der Waals surface area contributed by atoms with Crippen LogP contribution in [0.1, 0.15) is 43.4 Å². The van der Waals surface area contributed by atoms with Crippen molar-refractivity contribution < 1.29 is 14.1 Å². The molecule has 0 bridgehead atoms. The number of hydrogen-bond donors (Lipinski definition) is 0. The predicted octanol–water partition coefficient (Wildman–Crippen LogP) is 3.69. The van der Waals surface area contributed by atoms with Crippen molar-refractivity contribution in [3.05, 3.63) is 41.7 Å². The molecule has 0 unspecified atom stereocenters. The van der Waals surface area contributed by atoms with Gasteiger partial charge in [0.05, 0.1) is 5.41 Å². The van der Waals surface area contributed by atoms with Gasteiger partial charge < -0.3 is 14.3 Å². The summed E-state index contributed by atoms with van der Waals surface area (Å²) in [4.78, 5) is 29.8. The van der Waals surface area contributed by atoms with Crippen LogP contribution in [0.2, 0.25) is 0 Å². The van der Waals surface area contributed by atoms with Gasteiger partial charge in [0.15, 0.2) is 0 Å². The third kappa shape index (κ3) is 4.00. The molecule has 1 aromatic heterocycles. The number of aromatic nitrogens is 1. The summed E-state index contributed by atoms with van der Waals surface area (Å²) in [6.07, 6.45) is 5.12. The Balaban J connectivity index is 1.57. The molecule has 160 valence electrons. The van der Waals surface area contributed by atoms with Gasteiger partial charge in [-0.1, -0.05) is 41.4 Å². The fourth-order valence-electron chi connectivity index (χ4n) is 4.69. The second-order valence-corrected chi connectivity index (χ2v) is 9.19. The predicted molar refractivity (Wildman–Crippen MR) is 115 cm³/mol. The molecule has 2 fully saturated rings. The van der Waals surface area contributed by atoms with Gasteiger partial charge in [0.25, 0.3) is 0 Å². The Labute approximate surface area is 178 Å². The third-order valence-electron chi connectivity index (χ3n) is 6.62. The molecule has 6 heteroatoms. The fraction of sp³-hybridized carbons (Fsp3) is 0.542. The SMILES string of the molecule is Cc1ccc(-c2cc(C[C@]3(C(=O)N(C)C)CCCN(C(=O)C4CCC4)C3)on2)cc1. The highest BCUT2D eigenvalue weighted by Crippen LogP contribution is 2.38. The molecule has 1 saturated carbocycles. The van der Waals surface area contributed by atoms with Crippen molar-refractivity contribution in [1.82, 2.24) is 15.0 Å². The van der Waals surface area contributed by atoms with Crippen LogP contribution >= 0.6 is 0 Å². The molecule has 1 atom stereocenters. The lowest BCUT2D eigenvalue weighted by Gasteiger charge is -2.44. The van der Waals surface area contributed by atoms with Crippen LogP contribution in [0.4, 0.5) is 0 Å². The van der Waals surface area contributed by atoms with E-state index in [1.165, 1.54) is 5.56 Å². The van der Waals surface area contributed by atoms with Gasteiger partial charge in [-0.25, -0.2) is 0 Å². The summed E-state index contributed by atoms with van der Waals surface area (Å²) in [6.45, 7) is 3.25. The van der Waals surface area contributed by atoms with Crippen LogP contribution in [0, 0.1) is 18.3 Å². The molecule has 6 nitrogen and oxygen atoms in total. The summed E-state index contributed by atoms with van der Waals surface area (Å²) >= 11 is 0. The maximum Gasteiger partial charge on any atom is 0.230 e. The number of piperidine rings is 1. The van der Waals surface area contributed by atoms with Crippen LogP contribution in [0.15, 0.2) is 34.9 Å². The van der Waals surface area contributed by atoms with E-state index in [2.05, 4.69) is 5.16 Å². The zero-order valence-electron chi connectivity index (χ0n) is 18.2. The zero-order chi connectivity index (χ0) is 21.3. The van der Waals surface area contributed by atoms with Crippen molar-refractivity contribution in [2.45, 2.75) is 45.4 Å². The van der Waals surface area contributed by atoms with Crippen molar-refractivity contribution in [1.29, 1.82) is 0 Å². The second kappa shape index (κ2) is 8.25. The van der Waals surface area contributed by atoms with E-state index in [4.69, 9.17) is 4.52 Å². The van der Waals surface area contributed by atoms with E-state index in [1.807, 2.05) is 42.2 Å². The molecule has 0 N–H and O–H groups in total. The Morgan fingerprint density at radius 3 is 2.57 bits per heavy atom. The lowest BCUT2D eigenvalue weighted by atomic mass is 9.74. The molecule has 2 aromatic rings. The highest BCUT2D eigenvalue weighted by Gasteiger charge is 2.46. The molecule has 1 aromatic carbocycles. The Hall–Kier alpha value is -2.63. The molecule has 0 spiro atoms. The minimum Gasteiger partial charge on any atom is -0.361 e. The molecule has 0 radical (unpaired) electrons. The van der Waals surface area contributed by atoms with Crippen LogP contribution < -0.4 is 0 Å². The van der Waals surface area contributed by atoms with Gasteiger partial charge in [-0.3, -0.25) is 9.59 Å². The maximum absolute atomic E-state index is 13.3. The topological polar surface area (TPSA) is 66.7 Å². The van der Waals surface area contributed by atoms with Gasteiger partial charge in [-0.15, -0.1) is 0 Å². The third-order valence-corrected chi connectivity index (χ3v) is 6.62. The zero-order valence-corrected chi connectivity index (χ0v) is 18.2. The van der Waals surface area contributed by atoms with Crippen LogP contribution in [-0.2, 0) is 16.0 Å². The van der Waals surface area contributed by atoms with E-state index in [9.17, 15) is 9.59 Å². The molecule has 2 heterocycles. The lowest BCUT2D eigenvalue weighted by molar-refractivity contribution is -0.150. The molecule has 2 aliphatic rings. The number of amides is 2. The summed E-state index contributed by atoms with van der Waals surface area (Å²) in [5.74, 6) is 1.11. The molecule has 2 amide bonds. The van der Waals surface area contributed by atoms with Gasteiger partial charge in [0.1, 0.15) is 11.5 Å². The maximum atomic E-state index is 13.3. The Morgan fingerprint density at radius 1 is 1.20 bits per heavy atom. The van der Waals surface area contributed by atoms with Gasteiger partial charge in [-0.2, -0.15) is 0 Å². The minimum absolute atomic E-state index is 0.0573. The number of carbonyl (C=O) groups excluding carboxylic acids is 2. The molecule has 1 saturated heterocycles. The molecule has 4 rings (SSSR count). The van der Waals surface area contributed by atoms with Crippen LogP contribution in [0.3, 0.4) is 0 Å². The van der Waals surface area contributed by atoms with E-state index >= 15 is 0 Å². The monoisotopic (exact) mass is 409 g/mol. The number of rotatable bonds is 5. The summed E-state index contributed by atoms with van der Waals surface area (Å²) in [5, 5.41) is 4.24. The summed E-state index contributed by atoms with van der Waals surface area (Å²) in [6, 6.07) is 10.1. The van der Waals surface area contributed by atoms with Gasteiger partial charge in [0.2, 0.25) is 11.8 Å². The van der Waals surface area contributed by atoms with E-state index in [0.717, 1.165) is 49.9 Å². The van der Waals surface area contributed by atoms with Gasteiger partial charge in [0, 0.05) is 51.2 Å². The van der Waals surface area contributed by atoms with Crippen LogP contribution in [0.5, 0.6) is 0 Å². The highest BCUT2D eigenvalue weighted by atomic mass is 16.5. The second-order valence-electron chi connectivity index (χ2n) is 9.19. The smallest absolute Gasteiger partial charge is 0.230 e. The van der Waals surface area contributed by atoms with E-state index < -0.39 is 5.41 Å². The Morgan fingerprint density at radius 2 is 1.93 bits per heavy atom. The first-order valence-electron chi connectivity index (χ1n) is 10.9. The van der Waals surface area contributed by atoms with Crippen molar-refractivity contribution >= 4 is 11.8 Å². The van der Waals surface area contributed by atoms with Crippen LogP contribution in [0.25, 0.3) is 11.3 Å². The first kappa shape index (κ1) is 20.6. The largest absolute Gasteiger partial charge is 0.361 e. The lowest BCUT2D eigenvalue weighted by Crippen LogP contribution is -2.55. The first-order chi connectivity index (χ1) is 14.4. The standard InChI is InChI=1S/C24H31N3O3/c1-17-8-10-18(11-9-17)21-14-20(30-25-21)15-24(23(29)26(2)3)12-5-13-27(16-24)22(28)19-6-4-7-19/h8-11,14,19H,4-7,12-13,15-16H2,1-3H3/t24-/m1/s1. The molecular weight excluding hydrogens is 378 g/mol. The van der Waals surface area contributed by atoms with E-state index in [1.54, 1.807) is 19.0 Å². The number of hydrogen-bond acceptors (Lipinski definition) is 4. The first-order valence-corrected chi connectivity index (χ1v) is 10.9. The van der Waals surface area contributed by atoms with E-state index in [-0.39, 0.29) is 17.7 Å². The summed E-state index contributed by atoms with van der Waals surface area (Å²) in [5.41, 5.74) is 2.30. The average molecular weight is 410 g/mol. The quantitative estimate of drug-likeness (QED) is 0.755. The number of carbonyl (C=O) groups is 2. The number of aryl methyl sites for hydroxylation is 1. The van der Waals surface area contributed by atoms with Crippen molar-refractivity contribution in [2.24, 2.45) is 11.3 Å².